The topological polar surface area (TPSA) is 113 Å². The van der Waals surface area contributed by atoms with Crippen molar-refractivity contribution in [2.75, 3.05) is 40.3 Å². The van der Waals surface area contributed by atoms with Crippen molar-refractivity contribution in [3.63, 3.8) is 0 Å². The van der Waals surface area contributed by atoms with E-state index < -0.39 is 10.0 Å². The molecule has 144 valence electrons. The Morgan fingerprint density at radius 1 is 1.27 bits per heavy atom. The Bertz CT molecular complexity index is 747. The summed E-state index contributed by atoms with van der Waals surface area (Å²) >= 11 is 0. The van der Waals surface area contributed by atoms with Crippen LogP contribution in [-0.2, 0) is 14.8 Å². The fourth-order valence-corrected chi connectivity index (χ4v) is 4.42. The third-order valence-electron chi connectivity index (χ3n) is 4.34. The van der Waals surface area contributed by atoms with Crippen LogP contribution in [0.2, 0.25) is 0 Å². The maximum Gasteiger partial charge on any atom is 0.253 e. The summed E-state index contributed by atoms with van der Waals surface area (Å²) in [4.78, 5) is 25.6. The lowest BCUT2D eigenvalue weighted by atomic mass is 9.99. The molecule has 1 aliphatic rings. The van der Waals surface area contributed by atoms with Crippen molar-refractivity contribution < 1.29 is 18.0 Å². The fourth-order valence-electron chi connectivity index (χ4n) is 2.89. The summed E-state index contributed by atoms with van der Waals surface area (Å²) in [5.41, 5.74) is 5.81. The van der Waals surface area contributed by atoms with Gasteiger partial charge in [-0.3, -0.25) is 9.59 Å². The Morgan fingerprint density at radius 2 is 1.92 bits per heavy atom. The molecule has 1 saturated heterocycles. The summed E-state index contributed by atoms with van der Waals surface area (Å²) in [7, 11) is -0.437. The Balaban J connectivity index is 2.13. The summed E-state index contributed by atoms with van der Waals surface area (Å²) in [6.07, 6.45) is 1.27. The van der Waals surface area contributed by atoms with Crippen LogP contribution in [0.1, 0.15) is 23.2 Å². The molecule has 0 bridgehead atoms. The van der Waals surface area contributed by atoms with Crippen LogP contribution in [0.15, 0.2) is 29.2 Å². The van der Waals surface area contributed by atoms with E-state index in [1.807, 2.05) is 0 Å². The highest BCUT2D eigenvalue weighted by atomic mass is 32.2. The zero-order valence-corrected chi connectivity index (χ0v) is 16.0. The van der Waals surface area contributed by atoms with Crippen LogP contribution in [0.3, 0.4) is 0 Å². The molecule has 0 saturated carbocycles. The predicted molar refractivity (Wildman–Crippen MR) is 98.0 cm³/mol. The molecule has 1 aliphatic heterocycles. The lowest BCUT2D eigenvalue weighted by Gasteiger charge is -2.31. The molecule has 1 aromatic carbocycles. The van der Waals surface area contributed by atoms with Crippen molar-refractivity contribution in [1.82, 2.24) is 14.5 Å². The van der Waals surface area contributed by atoms with E-state index >= 15 is 0 Å². The SMILES string of the molecule is CN(C)C(=O)c1ccc(S(=O)(=O)N2CCCC(C(=O)NCCN)C2)cc1. The number of hydrogen-bond donors (Lipinski definition) is 2. The smallest absolute Gasteiger partial charge is 0.253 e. The zero-order chi connectivity index (χ0) is 19.3. The van der Waals surface area contributed by atoms with Gasteiger partial charge in [-0.25, -0.2) is 8.42 Å². The number of piperidine rings is 1. The van der Waals surface area contributed by atoms with Crippen molar-refractivity contribution in [2.24, 2.45) is 11.7 Å². The van der Waals surface area contributed by atoms with Crippen molar-refractivity contribution in [1.29, 1.82) is 0 Å². The first-order chi connectivity index (χ1) is 12.3. The molecule has 0 radical (unpaired) electrons. The Kier molecular flexibility index (Phi) is 6.74. The van der Waals surface area contributed by atoms with Gasteiger partial charge >= 0.3 is 0 Å². The summed E-state index contributed by atoms with van der Waals surface area (Å²) in [6.45, 7) is 1.25. The summed E-state index contributed by atoms with van der Waals surface area (Å²) in [6, 6.07) is 5.88. The van der Waals surface area contributed by atoms with E-state index in [2.05, 4.69) is 5.32 Å². The highest BCUT2D eigenvalue weighted by Gasteiger charge is 2.33. The van der Waals surface area contributed by atoms with E-state index in [1.54, 1.807) is 14.1 Å². The maximum atomic E-state index is 12.9. The van der Waals surface area contributed by atoms with Gasteiger partial charge < -0.3 is 16.0 Å². The second-order valence-electron chi connectivity index (χ2n) is 6.51. The quantitative estimate of drug-likeness (QED) is 0.711. The number of nitrogens with one attached hydrogen (secondary N) is 1. The van der Waals surface area contributed by atoms with Crippen LogP contribution in [0.5, 0.6) is 0 Å². The monoisotopic (exact) mass is 382 g/mol. The maximum absolute atomic E-state index is 12.9. The van der Waals surface area contributed by atoms with Crippen molar-refractivity contribution in [3.05, 3.63) is 29.8 Å². The average molecular weight is 382 g/mol. The molecule has 1 aromatic rings. The van der Waals surface area contributed by atoms with Gasteiger partial charge in [0.15, 0.2) is 0 Å². The van der Waals surface area contributed by atoms with Crippen LogP contribution in [0, 0.1) is 5.92 Å². The lowest BCUT2D eigenvalue weighted by Crippen LogP contribution is -2.46. The highest BCUT2D eigenvalue weighted by Crippen LogP contribution is 2.24. The van der Waals surface area contributed by atoms with Crippen LogP contribution < -0.4 is 11.1 Å². The number of nitrogens with two attached hydrogens (primary N) is 1. The number of nitrogens with zero attached hydrogens (tertiary/aromatic N) is 2. The Hall–Kier alpha value is -1.97. The minimum absolute atomic E-state index is 0.121. The average Bonchev–Trinajstić information content (AvgIpc) is 2.65. The Morgan fingerprint density at radius 3 is 2.50 bits per heavy atom. The van der Waals surface area contributed by atoms with E-state index in [1.165, 1.54) is 33.5 Å². The van der Waals surface area contributed by atoms with Gasteiger partial charge in [0.1, 0.15) is 0 Å². The summed E-state index contributed by atoms with van der Waals surface area (Å²) in [5, 5.41) is 2.72. The molecule has 9 heteroatoms. The minimum Gasteiger partial charge on any atom is -0.355 e. The standard InChI is InChI=1S/C17H26N4O4S/c1-20(2)17(23)13-5-7-15(8-6-13)26(24,25)21-11-3-4-14(12-21)16(22)19-10-9-18/h5-8,14H,3-4,9-12,18H2,1-2H3,(H,19,22). The molecule has 8 nitrogen and oxygen atoms in total. The molecule has 1 fully saturated rings. The first kappa shape index (κ1) is 20.3. The highest BCUT2D eigenvalue weighted by molar-refractivity contribution is 7.89. The molecule has 0 spiro atoms. The number of sulfonamides is 1. The van der Waals surface area contributed by atoms with Gasteiger partial charge in [0.25, 0.3) is 5.91 Å². The van der Waals surface area contributed by atoms with Gasteiger partial charge in [0, 0.05) is 45.8 Å². The summed E-state index contributed by atoms with van der Waals surface area (Å²) < 4.78 is 27.1. The number of carbonyl (C=O) groups excluding carboxylic acids is 2. The first-order valence-electron chi connectivity index (χ1n) is 8.57. The van der Waals surface area contributed by atoms with Gasteiger partial charge in [-0.15, -0.1) is 0 Å². The van der Waals surface area contributed by atoms with Gasteiger partial charge in [0.2, 0.25) is 15.9 Å². The second kappa shape index (κ2) is 8.61. The third kappa shape index (κ3) is 4.60. The van der Waals surface area contributed by atoms with Crippen molar-refractivity contribution in [2.45, 2.75) is 17.7 Å². The number of carbonyl (C=O) groups is 2. The second-order valence-corrected chi connectivity index (χ2v) is 8.44. The normalized spacial score (nSPS) is 18.3. The predicted octanol–water partition coefficient (Wildman–Crippen LogP) is -0.136. The van der Waals surface area contributed by atoms with E-state index in [0.717, 1.165) is 0 Å². The number of rotatable bonds is 6. The van der Waals surface area contributed by atoms with Gasteiger partial charge in [0.05, 0.1) is 10.8 Å². The molecule has 2 rings (SSSR count). The number of hydrogen-bond acceptors (Lipinski definition) is 5. The largest absolute Gasteiger partial charge is 0.355 e. The molecule has 0 aliphatic carbocycles. The molecule has 26 heavy (non-hydrogen) atoms. The zero-order valence-electron chi connectivity index (χ0n) is 15.1. The molecule has 1 atom stereocenters. The first-order valence-corrected chi connectivity index (χ1v) is 10.0. The molecular formula is C17H26N4O4S. The number of amides is 2. The van der Waals surface area contributed by atoms with E-state index in [-0.39, 0.29) is 29.2 Å². The molecule has 1 unspecified atom stereocenters. The van der Waals surface area contributed by atoms with E-state index in [9.17, 15) is 18.0 Å². The van der Waals surface area contributed by atoms with Crippen LogP contribution in [0.4, 0.5) is 0 Å². The minimum atomic E-state index is -3.71. The molecule has 0 aromatic heterocycles. The lowest BCUT2D eigenvalue weighted by molar-refractivity contribution is -0.126. The number of benzene rings is 1. The molecule has 2 amide bonds. The van der Waals surface area contributed by atoms with Crippen LogP contribution in [0.25, 0.3) is 0 Å². The van der Waals surface area contributed by atoms with E-state index in [0.29, 0.717) is 38.0 Å². The van der Waals surface area contributed by atoms with Gasteiger partial charge in [-0.05, 0) is 37.1 Å². The van der Waals surface area contributed by atoms with E-state index in [4.69, 9.17) is 5.73 Å². The van der Waals surface area contributed by atoms with Crippen molar-refractivity contribution in [3.8, 4) is 0 Å². The third-order valence-corrected chi connectivity index (χ3v) is 6.22. The van der Waals surface area contributed by atoms with Crippen LogP contribution in [-0.4, -0.2) is 69.7 Å². The molecular weight excluding hydrogens is 356 g/mol. The van der Waals surface area contributed by atoms with Crippen molar-refractivity contribution >= 4 is 21.8 Å². The fraction of sp³-hybridized carbons (Fsp3) is 0.529. The van der Waals surface area contributed by atoms with Gasteiger partial charge in [-0.2, -0.15) is 4.31 Å². The van der Waals surface area contributed by atoms with Crippen LogP contribution >= 0.6 is 0 Å². The summed E-state index contributed by atoms with van der Waals surface area (Å²) in [5.74, 6) is -0.731. The van der Waals surface area contributed by atoms with Gasteiger partial charge in [-0.1, -0.05) is 0 Å². The Labute approximate surface area is 154 Å². The molecule has 1 heterocycles. The molecule has 3 N–H and O–H groups in total.